The molecule has 0 aliphatic heterocycles. The topological polar surface area (TPSA) is 54.0 Å². The summed E-state index contributed by atoms with van der Waals surface area (Å²) < 4.78 is 0. The van der Waals surface area contributed by atoms with Gasteiger partial charge in [0.1, 0.15) is 0 Å². The molecule has 1 saturated carbocycles. The third kappa shape index (κ3) is 5.07. The normalized spacial score (nSPS) is 13.0. The van der Waals surface area contributed by atoms with Crippen LogP contribution >= 0.6 is 24.8 Å². The van der Waals surface area contributed by atoms with Gasteiger partial charge in [0.05, 0.1) is 11.1 Å². The largest absolute Gasteiger partial charge is 0.351 e. The Morgan fingerprint density at radius 1 is 1.17 bits per heavy atom. The minimum atomic E-state index is -0.00111. The molecule has 24 heavy (non-hydrogen) atoms. The number of hydrogen-bond donors (Lipinski definition) is 2. The van der Waals surface area contributed by atoms with Gasteiger partial charge in [-0.3, -0.25) is 9.78 Å². The molecule has 0 saturated heterocycles. The van der Waals surface area contributed by atoms with Gasteiger partial charge >= 0.3 is 0 Å². The number of fused-ring (bicyclic) bond motifs is 1. The fourth-order valence-corrected chi connectivity index (χ4v) is 2.63. The van der Waals surface area contributed by atoms with Crippen molar-refractivity contribution in [1.82, 2.24) is 15.6 Å². The molecule has 4 nitrogen and oxygen atoms in total. The number of pyridine rings is 1. The van der Waals surface area contributed by atoms with Crippen LogP contribution in [0, 0.1) is 0 Å². The standard InChI is InChI=1S/C18H23N3O.2ClH/c1-2-9-19-10-11-20-18(22)15-12-17(13-7-8-13)21-16-6-4-3-5-14(15)16;;/h3-6,12-13,19H,2,7-11H2,1H3,(H,20,22);2*1H. The highest BCUT2D eigenvalue weighted by atomic mass is 35.5. The molecule has 1 aromatic carbocycles. The molecule has 0 unspecified atom stereocenters. The average molecular weight is 370 g/mol. The first-order valence-corrected chi connectivity index (χ1v) is 8.18. The second-order valence-corrected chi connectivity index (χ2v) is 5.89. The maximum Gasteiger partial charge on any atom is 0.252 e. The van der Waals surface area contributed by atoms with E-state index >= 15 is 0 Å². The molecular weight excluding hydrogens is 345 g/mol. The van der Waals surface area contributed by atoms with Crippen molar-refractivity contribution < 1.29 is 4.79 Å². The SMILES string of the molecule is CCCNCCNC(=O)c1cc(C2CC2)nc2ccccc12.Cl.Cl. The molecule has 1 aliphatic rings. The third-order valence-electron chi connectivity index (χ3n) is 3.99. The molecule has 1 amide bonds. The minimum Gasteiger partial charge on any atom is -0.351 e. The van der Waals surface area contributed by atoms with Gasteiger partial charge in [-0.1, -0.05) is 25.1 Å². The van der Waals surface area contributed by atoms with E-state index in [9.17, 15) is 4.79 Å². The molecule has 2 N–H and O–H groups in total. The molecule has 0 radical (unpaired) electrons. The molecule has 1 aromatic heterocycles. The summed E-state index contributed by atoms with van der Waals surface area (Å²) in [6.45, 7) is 4.57. The van der Waals surface area contributed by atoms with Crippen molar-refractivity contribution in [2.24, 2.45) is 0 Å². The van der Waals surface area contributed by atoms with Gasteiger partial charge < -0.3 is 10.6 Å². The van der Waals surface area contributed by atoms with E-state index in [0.29, 0.717) is 12.5 Å². The van der Waals surface area contributed by atoms with Gasteiger partial charge in [-0.2, -0.15) is 0 Å². The van der Waals surface area contributed by atoms with Gasteiger partial charge in [-0.25, -0.2) is 0 Å². The van der Waals surface area contributed by atoms with E-state index in [2.05, 4.69) is 17.6 Å². The zero-order valence-electron chi connectivity index (χ0n) is 13.9. The predicted molar refractivity (Wildman–Crippen MR) is 104 cm³/mol. The number of benzene rings is 1. The molecule has 1 fully saturated rings. The Morgan fingerprint density at radius 2 is 1.92 bits per heavy atom. The number of rotatable bonds is 7. The second-order valence-electron chi connectivity index (χ2n) is 5.89. The molecule has 0 bridgehead atoms. The number of para-hydroxylation sites is 1. The Bertz CT molecular complexity index is 674. The lowest BCUT2D eigenvalue weighted by molar-refractivity contribution is 0.0955. The number of nitrogens with one attached hydrogen (secondary N) is 2. The van der Waals surface area contributed by atoms with Crippen LogP contribution in [-0.2, 0) is 0 Å². The summed E-state index contributed by atoms with van der Waals surface area (Å²) in [5.41, 5.74) is 2.73. The molecule has 0 spiro atoms. The summed E-state index contributed by atoms with van der Waals surface area (Å²) in [6, 6.07) is 9.88. The van der Waals surface area contributed by atoms with Gasteiger partial charge in [-0.15, -0.1) is 24.8 Å². The van der Waals surface area contributed by atoms with Crippen LogP contribution in [0.15, 0.2) is 30.3 Å². The summed E-state index contributed by atoms with van der Waals surface area (Å²) in [7, 11) is 0. The van der Waals surface area contributed by atoms with E-state index in [4.69, 9.17) is 4.98 Å². The van der Waals surface area contributed by atoms with Crippen molar-refractivity contribution in [3.63, 3.8) is 0 Å². The first-order valence-electron chi connectivity index (χ1n) is 8.18. The number of hydrogen-bond acceptors (Lipinski definition) is 3. The summed E-state index contributed by atoms with van der Waals surface area (Å²) in [6.07, 6.45) is 3.48. The number of nitrogens with zero attached hydrogens (tertiary/aromatic N) is 1. The lowest BCUT2D eigenvalue weighted by Crippen LogP contribution is -2.32. The fraction of sp³-hybridized carbons (Fsp3) is 0.444. The maximum absolute atomic E-state index is 12.5. The first-order chi connectivity index (χ1) is 10.8. The first kappa shape index (κ1) is 20.7. The van der Waals surface area contributed by atoms with E-state index < -0.39 is 0 Å². The molecule has 1 aliphatic carbocycles. The van der Waals surface area contributed by atoms with Gasteiger partial charge in [0.15, 0.2) is 0 Å². The summed E-state index contributed by atoms with van der Waals surface area (Å²) in [4.78, 5) is 17.2. The zero-order chi connectivity index (χ0) is 15.4. The molecule has 6 heteroatoms. The molecular formula is C18H25Cl2N3O. The van der Waals surface area contributed by atoms with E-state index in [0.717, 1.165) is 41.7 Å². The summed E-state index contributed by atoms with van der Waals surface area (Å²) in [5, 5.41) is 7.23. The van der Waals surface area contributed by atoms with E-state index in [1.54, 1.807) is 0 Å². The Balaban J connectivity index is 0.00000144. The quantitative estimate of drug-likeness (QED) is 0.731. The number of carbonyl (C=O) groups is 1. The smallest absolute Gasteiger partial charge is 0.252 e. The highest BCUT2D eigenvalue weighted by Gasteiger charge is 2.26. The Labute approximate surface area is 155 Å². The van der Waals surface area contributed by atoms with E-state index in [1.165, 1.54) is 12.8 Å². The Kier molecular flexibility index (Phi) is 8.46. The monoisotopic (exact) mass is 369 g/mol. The van der Waals surface area contributed by atoms with Crippen LogP contribution in [0.3, 0.4) is 0 Å². The van der Waals surface area contributed by atoms with Crippen molar-refractivity contribution in [3.05, 3.63) is 41.6 Å². The number of aromatic nitrogens is 1. The molecule has 132 valence electrons. The second kappa shape index (κ2) is 9.82. The van der Waals surface area contributed by atoms with Crippen LogP contribution in [-0.4, -0.2) is 30.5 Å². The highest BCUT2D eigenvalue weighted by molar-refractivity contribution is 6.06. The van der Waals surface area contributed by atoms with Crippen molar-refractivity contribution >= 4 is 41.6 Å². The Morgan fingerprint density at radius 3 is 2.62 bits per heavy atom. The van der Waals surface area contributed by atoms with Crippen molar-refractivity contribution in [3.8, 4) is 0 Å². The molecule has 1 heterocycles. The fourth-order valence-electron chi connectivity index (χ4n) is 2.63. The molecule has 2 aromatic rings. The van der Waals surface area contributed by atoms with Crippen LogP contribution in [0.5, 0.6) is 0 Å². The van der Waals surface area contributed by atoms with Crippen LogP contribution in [0.1, 0.15) is 48.2 Å². The van der Waals surface area contributed by atoms with Crippen molar-refractivity contribution in [2.45, 2.75) is 32.1 Å². The minimum absolute atomic E-state index is 0. The average Bonchev–Trinajstić information content (AvgIpc) is 3.38. The van der Waals surface area contributed by atoms with Crippen LogP contribution < -0.4 is 10.6 Å². The number of carbonyl (C=O) groups excluding carboxylic acids is 1. The lowest BCUT2D eigenvalue weighted by Gasteiger charge is -2.10. The maximum atomic E-state index is 12.5. The van der Waals surface area contributed by atoms with Crippen LogP contribution in [0.25, 0.3) is 10.9 Å². The lowest BCUT2D eigenvalue weighted by atomic mass is 10.1. The van der Waals surface area contributed by atoms with Gasteiger partial charge in [0.25, 0.3) is 5.91 Å². The van der Waals surface area contributed by atoms with Crippen molar-refractivity contribution in [1.29, 1.82) is 0 Å². The number of halogens is 2. The van der Waals surface area contributed by atoms with Crippen LogP contribution in [0.4, 0.5) is 0 Å². The molecule has 3 rings (SSSR count). The van der Waals surface area contributed by atoms with Gasteiger partial charge in [0, 0.05) is 30.1 Å². The van der Waals surface area contributed by atoms with Gasteiger partial charge in [-0.05, 0) is 37.9 Å². The van der Waals surface area contributed by atoms with E-state index in [1.807, 2.05) is 30.3 Å². The number of amides is 1. The summed E-state index contributed by atoms with van der Waals surface area (Å²) >= 11 is 0. The Hall–Kier alpha value is -1.36. The summed E-state index contributed by atoms with van der Waals surface area (Å²) in [5.74, 6) is 0.543. The third-order valence-corrected chi connectivity index (χ3v) is 3.99. The highest BCUT2D eigenvalue weighted by Crippen LogP contribution is 2.40. The van der Waals surface area contributed by atoms with Crippen molar-refractivity contribution in [2.75, 3.05) is 19.6 Å². The van der Waals surface area contributed by atoms with E-state index in [-0.39, 0.29) is 30.7 Å². The van der Waals surface area contributed by atoms with Crippen LogP contribution in [0.2, 0.25) is 0 Å². The zero-order valence-corrected chi connectivity index (χ0v) is 15.5. The van der Waals surface area contributed by atoms with Gasteiger partial charge in [0.2, 0.25) is 0 Å². The molecule has 0 atom stereocenters. The predicted octanol–water partition coefficient (Wildman–Crippen LogP) is 3.69.